The molecule has 1 aliphatic carbocycles. The summed E-state index contributed by atoms with van der Waals surface area (Å²) in [5.41, 5.74) is 0. The first-order chi connectivity index (χ1) is 10.5. The molecule has 0 radical (unpaired) electrons. The van der Waals surface area contributed by atoms with Crippen molar-refractivity contribution in [2.75, 3.05) is 32.9 Å². The van der Waals surface area contributed by atoms with Gasteiger partial charge in [-0.15, -0.1) is 11.3 Å². The van der Waals surface area contributed by atoms with Crippen LogP contribution in [-0.2, 0) is 19.5 Å². The van der Waals surface area contributed by atoms with Gasteiger partial charge in [-0.25, -0.2) is 13.2 Å². The topological polar surface area (TPSA) is 72.9 Å². The highest BCUT2D eigenvalue weighted by Gasteiger charge is 2.35. The van der Waals surface area contributed by atoms with Crippen LogP contribution < -0.4 is 0 Å². The van der Waals surface area contributed by atoms with Gasteiger partial charge in [-0.3, -0.25) is 0 Å². The molecule has 1 aromatic heterocycles. The second-order valence-electron chi connectivity index (χ2n) is 5.70. The molecule has 0 N–H and O–H groups in total. The van der Waals surface area contributed by atoms with Crippen LogP contribution in [0.4, 0.5) is 0 Å². The van der Waals surface area contributed by atoms with Crippen LogP contribution in [-0.4, -0.2) is 51.6 Å². The molecule has 8 heteroatoms. The molecule has 1 saturated carbocycles. The minimum atomic E-state index is -3.67. The molecule has 6 nitrogen and oxygen atoms in total. The number of hydrogen-bond acceptors (Lipinski definition) is 6. The van der Waals surface area contributed by atoms with Crippen LogP contribution in [0.5, 0.6) is 0 Å². The van der Waals surface area contributed by atoms with Gasteiger partial charge in [0, 0.05) is 13.1 Å². The van der Waals surface area contributed by atoms with E-state index in [2.05, 4.69) is 6.92 Å². The fourth-order valence-electron chi connectivity index (χ4n) is 2.46. The van der Waals surface area contributed by atoms with Gasteiger partial charge in [0.25, 0.3) is 0 Å². The van der Waals surface area contributed by atoms with Gasteiger partial charge < -0.3 is 9.47 Å². The van der Waals surface area contributed by atoms with Gasteiger partial charge in [-0.05, 0) is 29.7 Å². The van der Waals surface area contributed by atoms with Crippen molar-refractivity contribution in [2.45, 2.75) is 18.2 Å². The van der Waals surface area contributed by atoms with Crippen LogP contribution in [0.3, 0.4) is 0 Å². The highest BCUT2D eigenvalue weighted by Crippen LogP contribution is 2.38. The van der Waals surface area contributed by atoms with Gasteiger partial charge in [0.2, 0.25) is 10.0 Å². The maximum Gasteiger partial charge on any atom is 0.349 e. The second-order valence-corrected chi connectivity index (χ2v) is 8.52. The zero-order valence-corrected chi connectivity index (χ0v) is 14.0. The molecule has 1 aromatic rings. The quantitative estimate of drug-likeness (QED) is 0.758. The van der Waals surface area contributed by atoms with E-state index >= 15 is 0 Å². The second kappa shape index (κ2) is 6.27. The first-order valence-electron chi connectivity index (χ1n) is 7.32. The molecule has 2 heterocycles. The Morgan fingerprint density at radius 2 is 2.14 bits per heavy atom. The smallest absolute Gasteiger partial charge is 0.349 e. The summed E-state index contributed by atoms with van der Waals surface area (Å²) in [6.07, 6.45) is 1.07. The zero-order chi connectivity index (χ0) is 15.7. The molecule has 0 aromatic carbocycles. The summed E-state index contributed by atoms with van der Waals surface area (Å²) >= 11 is 1.11. The van der Waals surface area contributed by atoms with E-state index in [-0.39, 0.29) is 9.77 Å². The molecule has 2 aliphatic rings. The van der Waals surface area contributed by atoms with Gasteiger partial charge in [-0.1, -0.05) is 6.92 Å². The van der Waals surface area contributed by atoms with E-state index in [0.717, 1.165) is 17.8 Å². The lowest BCUT2D eigenvalue weighted by Crippen LogP contribution is -2.40. The molecule has 2 atom stereocenters. The van der Waals surface area contributed by atoms with Crippen LogP contribution in [0, 0.1) is 11.8 Å². The predicted molar refractivity (Wildman–Crippen MR) is 81.5 cm³/mol. The lowest BCUT2D eigenvalue weighted by atomic mass is 10.4. The van der Waals surface area contributed by atoms with E-state index in [0.29, 0.717) is 44.7 Å². The monoisotopic (exact) mass is 345 g/mol. The largest absolute Gasteiger partial charge is 0.461 e. The van der Waals surface area contributed by atoms with E-state index in [9.17, 15) is 13.2 Å². The Kier molecular flexibility index (Phi) is 4.54. The van der Waals surface area contributed by atoms with Crippen molar-refractivity contribution in [2.24, 2.45) is 11.8 Å². The number of ether oxygens (including phenoxy) is 2. The molecule has 2 unspecified atom stereocenters. The number of morpholine rings is 1. The Balaban J connectivity index is 1.74. The summed E-state index contributed by atoms with van der Waals surface area (Å²) in [7, 11) is -3.67. The number of sulfonamides is 1. The summed E-state index contributed by atoms with van der Waals surface area (Å²) in [4.78, 5) is 12.4. The minimum Gasteiger partial charge on any atom is -0.461 e. The SMILES string of the molecule is CC1CC1COC(=O)c1sccc1S(=O)(=O)N1CCOCC1. The number of hydrogen-bond donors (Lipinski definition) is 0. The van der Waals surface area contributed by atoms with E-state index in [1.54, 1.807) is 5.38 Å². The Morgan fingerprint density at radius 1 is 1.45 bits per heavy atom. The van der Waals surface area contributed by atoms with Crippen molar-refractivity contribution < 1.29 is 22.7 Å². The van der Waals surface area contributed by atoms with E-state index in [1.807, 2.05) is 0 Å². The third-order valence-corrected chi connectivity index (χ3v) is 7.07. The Bertz CT molecular complexity index is 648. The first kappa shape index (κ1) is 15.9. The van der Waals surface area contributed by atoms with Crippen LogP contribution in [0.15, 0.2) is 16.3 Å². The van der Waals surface area contributed by atoms with Crippen molar-refractivity contribution in [3.8, 4) is 0 Å². The van der Waals surface area contributed by atoms with Crippen molar-refractivity contribution in [1.82, 2.24) is 4.31 Å². The fourth-order valence-corrected chi connectivity index (χ4v) is 5.15. The molecule has 22 heavy (non-hydrogen) atoms. The molecule has 1 aliphatic heterocycles. The van der Waals surface area contributed by atoms with Gasteiger partial charge in [-0.2, -0.15) is 4.31 Å². The molecule has 122 valence electrons. The summed E-state index contributed by atoms with van der Waals surface area (Å²) in [6.45, 7) is 3.86. The zero-order valence-electron chi connectivity index (χ0n) is 12.4. The molecule has 3 rings (SSSR count). The lowest BCUT2D eigenvalue weighted by molar-refractivity contribution is 0.0482. The normalized spacial score (nSPS) is 25.9. The van der Waals surface area contributed by atoms with E-state index < -0.39 is 16.0 Å². The van der Waals surface area contributed by atoms with Gasteiger partial charge in [0.15, 0.2) is 0 Å². The van der Waals surface area contributed by atoms with Gasteiger partial charge in [0.1, 0.15) is 9.77 Å². The Labute approximate surface area is 134 Å². The number of carbonyl (C=O) groups is 1. The van der Waals surface area contributed by atoms with Crippen molar-refractivity contribution in [1.29, 1.82) is 0 Å². The Hall–Kier alpha value is -0.960. The molecule has 2 fully saturated rings. The number of esters is 1. The highest BCUT2D eigenvalue weighted by atomic mass is 32.2. The number of rotatable bonds is 5. The summed E-state index contributed by atoms with van der Waals surface area (Å²) in [5, 5.41) is 1.61. The molecule has 0 amide bonds. The van der Waals surface area contributed by atoms with E-state index in [4.69, 9.17) is 9.47 Å². The molecular weight excluding hydrogens is 326 g/mol. The third kappa shape index (κ3) is 3.19. The first-order valence-corrected chi connectivity index (χ1v) is 9.64. The maximum atomic E-state index is 12.6. The van der Waals surface area contributed by atoms with E-state index in [1.165, 1.54) is 10.4 Å². The van der Waals surface area contributed by atoms with Gasteiger partial charge >= 0.3 is 5.97 Å². The third-order valence-electron chi connectivity index (χ3n) is 4.11. The van der Waals surface area contributed by atoms with Crippen LogP contribution in [0.25, 0.3) is 0 Å². The number of thiophene rings is 1. The molecule has 0 bridgehead atoms. The lowest BCUT2D eigenvalue weighted by Gasteiger charge is -2.25. The van der Waals surface area contributed by atoms with Crippen molar-refractivity contribution in [3.05, 3.63) is 16.3 Å². The van der Waals surface area contributed by atoms with Crippen molar-refractivity contribution in [3.63, 3.8) is 0 Å². The van der Waals surface area contributed by atoms with Crippen molar-refractivity contribution >= 4 is 27.3 Å². The summed E-state index contributed by atoms with van der Waals surface area (Å²) in [6, 6.07) is 1.48. The average molecular weight is 345 g/mol. The standard InChI is InChI=1S/C14H19NO5S2/c1-10-8-11(10)9-20-14(16)13-12(2-7-21-13)22(17,18)15-3-5-19-6-4-15/h2,7,10-11H,3-6,8-9H2,1H3. The number of nitrogens with zero attached hydrogens (tertiary/aromatic N) is 1. The van der Waals surface area contributed by atoms with Crippen LogP contribution in [0.1, 0.15) is 23.0 Å². The molecule has 1 saturated heterocycles. The Morgan fingerprint density at radius 3 is 2.77 bits per heavy atom. The van der Waals surface area contributed by atoms with Crippen LogP contribution >= 0.6 is 11.3 Å². The number of carbonyl (C=O) groups excluding carboxylic acids is 1. The molecular formula is C14H19NO5S2. The summed E-state index contributed by atoms with van der Waals surface area (Å²) in [5.74, 6) is 0.469. The highest BCUT2D eigenvalue weighted by molar-refractivity contribution is 7.89. The average Bonchev–Trinajstić information content (AvgIpc) is 3.02. The summed E-state index contributed by atoms with van der Waals surface area (Å²) < 4.78 is 37.1. The molecule has 0 spiro atoms. The fraction of sp³-hybridized carbons (Fsp3) is 0.643. The van der Waals surface area contributed by atoms with Gasteiger partial charge in [0.05, 0.1) is 19.8 Å². The predicted octanol–water partition coefficient (Wildman–Crippen LogP) is 1.58. The van der Waals surface area contributed by atoms with Crippen LogP contribution in [0.2, 0.25) is 0 Å². The minimum absolute atomic E-state index is 0.0493. The maximum absolute atomic E-state index is 12.6.